The van der Waals surface area contributed by atoms with E-state index in [1.54, 1.807) is 29.1 Å². The molecule has 0 saturated carbocycles. The first-order chi connectivity index (χ1) is 12.4. The number of aromatic nitrogens is 4. The van der Waals surface area contributed by atoms with Crippen LogP contribution in [0.25, 0.3) is 0 Å². The van der Waals surface area contributed by atoms with Gasteiger partial charge in [-0.05, 0) is 31.2 Å². The van der Waals surface area contributed by atoms with E-state index in [0.29, 0.717) is 23.0 Å². The molecule has 26 heavy (non-hydrogen) atoms. The van der Waals surface area contributed by atoms with Crippen LogP contribution in [0.1, 0.15) is 21.7 Å². The maximum absolute atomic E-state index is 12.2. The highest BCUT2D eigenvalue weighted by Crippen LogP contribution is 2.27. The third kappa shape index (κ3) is 4.44. The van der Waals surface area contributed by atoms with E-state index in [1.165, 1.54) is 4.68 Å². The molecule has 0 saturated heterocycles. The van der Waals surface area contributed by atoms with Crippen molar-refractivity contribution in [3.05, 3.63) is 63.1 Å². The predicted octanol–water partition coefficient (Wildman–Crippen LogP) is 3.31. The molecule has 136 valence electrons. The minimum absolute atomic E-state index is 0.149. The average Bonchev–Trinajstić information content (AvgIpc) is 3.18. The van der Waals surface area contributed by atoms with Gasteiger partial charge in [-0.25, -0.2) is 4.68 Å². The lowest BCUT2D eigenvalue weighted by Crippen LogP contribution is -2.23. The number of carbonyl (C=O) groups is 1. The summed E-state index contributed by atoms with van der Waals surface area (Å²) in [4.78, 5) is 12.2. The topological polar surface area (TPSA) is 74.0 Å². The van der Waals surface area contributed by atoms with E-state index in [9.17, 15) is 4.79 Å². The Hall–Kier alpha value is -2.32. The van der Waals surface area contributed by atoms with Gasteiger partial charge in [-0.1, -0.05) is 27.5 Å². The average molecular weight is 439 g/mol. The van der Waals surface area contributed by atoms with Crippen LogP contribution in [-0.2, 0) is 20.3 Å². The van der Waals surface area contributed by atoms with Crippen LogP contribution in [0.15, 0.2) is 41.1 Å². The van der Waals surface area contributed by atoms with Crippen LogP contribution >= 0.6 is 27.5 Å². The van der Waals surface area contributed by atoms with Gasteiger partial charge in [0.05, 0.1) is 10.7 Å². The zero-order chi connectivity index (χ0) is 18.7. The molecule has 3 aromatic rings. The van der Waals surface area contributed by atoms with E-state index < -0.39 is 0 Å². The number of nitrogens with zero attached hydrogens (tertiary/aromatic N) is 4. The third-order valence-electron chi connectivity index (χ3n) is 3.67. The van der Waals surface area contributed by atoms with Gasteiger partial charge in [-0.2, -0.15) is 10.2 Å². The van der Waals surface area contributed by atoms with E-state index in [-0.39, 0.29) is 12.6 Å². The van der Waals surface area contributed by atoms with Crippen LogP contribution in [0.3, 0.4) is 0 Å². The quantitative estimate of drug-likeness (QED) is 0.641. The van der Waals surface area contributed by atoms with Gasteiger partial charge in [-0.15, -0.1) is 0 Å². The van der Waals surface area contributed by atoms with Gasteiger partial charge >= 0.3 is 0 Å². The highest BCUT2D eigenvalue weighted by molar-refractivity contribution is 9.10. The summed E-state index contributed by atoms with van der Waals surface area (Å²) >= 11 is 9.45. The second-order valence-electron chi connectivity index (χ2n) is 5.68. The van der Waals surface area contributed by atoms with Crippen molar-refractivity contribution in [2.24, 2.45) is 7.05 Å². The number of ether oxygens (including phenoxy) is 1. The molecule has 3 rings (SSSR count). The largest absolute Gasteiger partial charge is 0.470 e. The fourth-order valence-electron chi connectivity index (χ4n) is 2.37. The van der Waals surface area contributed by atoms with Crippen molar-refractivity contribution < 1.29 is 9.53 Å². The Bertz CT molecular complexity index is 937. The molecule has 0 unspecified atom stereocenters. The van der Waals surface area contributed by atoms with Crippen LogP contribution in [0.2, 0.25) is 5.02 Å². The molecular formula is C17H17BrClN5O2. The van der Waals surface area contributed by atoms with Gasteiger partial charge < -0.3 is 10.1 Å². The van der Waals surface area contributed by atoms with Crippen LogP contribution in [-0.4, -0.2) is 25.5 Å². The Labute approximate surface area is 164 Å². The number of rotatable bonds is 6. The molecule has 2 heterocycles. The van der Waals surface area contributed by atoms with Gasteiger partial charge in [0, 0.05) is 36.0 Å². The van der Waals surface area contributed by atoms with Crippen LogP contribution in [0.5, 0.6) is 5.75 Å². The van der Waals surface area contributed by atoms with E-state index in [2.05, 4.69) is 31.4 Å². The van der Waals surface area contributed by atoms with E-state index >= 15 is 0 Å². The number of aryl methyl sites for hydroxylation is 2. The standard InChI is InChI=1S/C17H17BrClN5O2/c1-11-12(9-23(2)21-11)8-20-17(25)15-5-6-24(22-15)10-26-16-4-3-13(18)7-14(16)19/h3-7,9H,8,10H2,1-2H3,(H,20,25). The maximum atomic E-state index is 12.2. The summed E-state index contributed by atoms with van der Waals surface area (Å²) in [6.07, 6.45) is 3.56. The van der Waals surface area contributed by atoms with Gasteiger partial charge in [-0.3, -0.25) is 9.48 Å². The molecule has 0 aliphatic carbocycles. The molecule has 0 fully saturated rings. The normalized spacial score (nSPS) is 10.8. The molecule has 9 heteroatoms. The zero-order valence-electron chi connectivity index (χ0n) is 14.2. The molecule has 1 amide bonds. The Morgan fingerprint density at radius 1 is 1.35 bits per heavy atom. The summed E-state index contributed by atoms with van der Waals surface area (Å²) in [5.41, 5.74) is 2.17. The minimum atomic E-state index is -0.256. The van der Waals surface area contributed by atoms with Gasteiger partial charge in [0.2, 0.25) is 0 Å². The number of amides is 1. The van der Waals surface area contributed by atoms with Crippen molar-refractivity contribution in [1.82, 2.24) is 24.9 Å². The lowest BCUT2D eigenvalue weighted by atomic mass is 10.2. The maximum Gasteiger partial charge on any atom is 0.272 e. The Kier molecular flexibility index (Phi) is 5.63. The minimum Gasteiger partial charge on any atom is -0.470 e. The summed E-state index contributed by atoms with van der Waals surface area (Å²) in [5.74, 6) is 0.289. The highest BCUT2D eigenvalue weighted by Gasteiger charge is 2.11. The Morgan fingerprint density at radius 2 is 2.15 bits per heavy atom. The molecule has 0 atom stereocenters. The molecule has 0 radical (unpaired) electrons. The Morgan fingerprint density at radius 3 is 2.85 bits per heavy atom. The number of hydrogen-bond donors (Lipinski definition) is 1. The summed E-state index contributed by atoms with van der Waals surface area (Å²) in [6, 6.07) is 6.99. The number of benzene rings is 1. The number of halogens is 2. The summed E-state index contributed by atoms with van der Waals surface area (Å²) in [6.45, 7) is 2.45. The van der Waals surface area contributed by atoms with Crippen LogP contribution in [0.4, 0.5) is 0 Å². The molecule has 0 aliphatic rings. The number of nitrogens with one attached hydrogen (secondary N) is 1. The predicted molar refractivity (Wildman–Crippen MR) is 101 cm³/mol. The van der Waals surface area contributed by atoms with Gasteiger partial charge in [0.25, 0.3) is 5.91 Å². The Balaban J connectivity index is 1.56. The highest BCUT2D eigenvalue weighted by atomic mass is 79.9. The monoisotopic (exact) mass is 437 g/mol. The first-order valence-electron chi connectivity index (χ1n) is 7.81. The SMILES string of the molecule is Cc1nn(C)cc1CNC(=O)c1ccn(COc2ccc(Br)cc2Cl)n1. The van der Waals surface area contributed by atoms with E-state index in [4.69, 9.17) is 16.3 Å². The third-order valence-corrected chi connectivity index (χ3v) is 4.46. The lowest BCUT2D eigenvalue weighted by molar-refractivity contribution is 0.0944. The molecule has 0 aliphatic heterocycles. The first-order valence-corrected chi connectivity index (χ1v) is 8.98. The van der Waals surface area contributed by atoms with Gasteiger partial charge in [0.15, 0.2) is 6.73 Å². The van der Waals surface area contributed by atoms with Crippen molar-refractivity contribution in [2.75, 3.05) is 0 Å². The van der Waals surface area contributed by atoms with Crippen molar-refractivity contribution in [1.29, 1.82) is 0 Å². The van der Waals surface area contributed by atoms with Crippen molar-refractivity contribution >= 4 is 33.4 Å². The molecule has 2 aromatic heterocycles. The van der Waals surface area contributed by atoms with Crippen LogP contribution < -0.4 is 10.1 Å². The first kappa shape index (κ1) is 18.5. The smallest absolute Gasteiger partial charge is 0.272 e. The molecule has 1 N–H and O–H groups in total. The van der Waals surface area contributed by atoms with Crippen molar-refractivity contribution in [2.45, 2.75) is 20.2 Å². The van der Waals surface area contributed by atoms with Crippen LogP contribution in [0, 0.1) is 6.92 Å². The summed E-state index contributed by atoms with van der Waals surface area (Å²) in [7, 11) is 1.84. The molecule has 1 aromatic carbocycles. The zero-order valence-corrected chi connectivity index (χ0v) is 16.6. The number of carbonyl (C=O) groups excluding carboxylic acids is 1. The molecular weight excluding hydrogens is 422 g/mol. The van der Waals surface area contributed by atoms with Crippen molar-refractivity contribution in [3.8, 4) is 5.75 Å². The fourth-order valence-corrected chi connectivity index (χ4v) is 3.10. The fraction of sp³-hybridized carbons (Fsp3) is 0.235. The molecule has 0 spiro atoms. The van der Waals surface area contributed by atoms with E-state index in [1.807, 2.05) is 26.2 Å². The number of hydrogen-bond acceptors (Lipinski definition) is 4. The lowest BCUT2D eigenvalue weighted by Gasteiger charge is -2.08. The van der Waals surface area contributed by atoms with Crippen molar-refractivity contribution in [3.63, 3.8) is 0 Å². The van der Waals surface area contributed by atoms with E-state index in [0.717, 1.165) is 15.7 Å². The molecule has 0 bridgehead atoms. The second-order valence-corrected chi connectivity index (χ2v) is 7.01. The molecule has 7 nitrogen and oxygen atoms in total. The second kappa shape index (κ2) is 7.92. The van der Waals surface area contributed by atoms with Gasteiger partial charge in [0.1, 0.15) is 11.4 Å². The summed E-state index contributed by atoms with van der Waals surface area (Å²) < 4.78 is 9.74. The summed E-state index contributed by atoms with van der Waals surface area (Å²) in [5, 5.41) is 11.8.